The molecule has 0 aliphatic heterocycles. The number of carboxylic acids is 1. The van der Waals surface area contributed by atoms with E-state index in [0.29, 0.717) is 24.2 Å². The molecule has 0 aromatic heterocycles. The summed E-state index contributed by atoms with van der Waals surface area (Å²) in [6.45, 7) is 5.26. The number of carbonyl (C=O) groups is 3. The van der Waals surface area contributed by atoms with Crippen molar-refractivity contribution in [2.45, 2.75) is 63.0 Å². The second kappa shape index (κ2) is 6.27. The zero-order valence-corrected chi connectivity index (χ0v) is 17.7. The van der Waals surface area contributed by atoms with Crippen LogP contribution in [-0.4, -0.2) is 50.0 Å². The lowest BCUT2D eigenvalue weighted by molar-refractivity contribution is -0.195. The van der Waals surface area contributed by atoms with Gasteiger partial charge in [0.05, 0.1) is 6.10 Å². The zero-order chi connectivity index (χ0) is 21.4. The summed E-state index contributed by atoms with van der Waals surface area (Å²) in [7, 11) is 0. The minimum Gasteiger partial charge on any atom is -0.480 e. The van der Waals surface area contributed by atoms with Crippen molar-refractivity contribution in [2.24, 2.45) is 22.7 Å². The number of hydrogen-bond donors (Lipinski definition) is 2. The van der Waals surface area contributed by atoms with Crippen molar-refractivity contribution in [3.8, 4) is 0 Å². The van der Waals surface area contributed by atoms with E-state index < -0.39 is 45.2 Å². The number of thioether (sulfide) groups is 1. The number of halogens is 1. The number of carbonyl (C=O) groups excluding carboxylic acids is 2. The standard InChI is InChI=1S/C22H27FO5S/c1-4-29-22(18(27)28)16(25)10-15-14-6-5-12-9-13(24)7-8-19(12,2)21(14,23)17(26)11-20(15,22)3/h7-9,14-15,17,26H,4-6,10-11H2,1-3H3,(H,27,28)/t14-,15-,17-,19-,20-,21?,22+/m0/s1. The maximum atomic E-state index is 16.9. The van der Waals surface area contributed by atoms with Gasteiger partial charge in [0.15, 0.2) is 22.0 Å². The zero-order valence-electron chi connectivity index (χ0n) is 16.9. The van der Waals surface area contributed by atoms with Crippen LogP contribution in [-0.2, 0) is 14.4 Å². The van der Waals surface area contributed by atoms with Gasteiger partial charge in [-0.15, -0.1) is 11.8 Å². The van der Waals surface area contributed by atoms with Crippen LogP contribution >= 0.6 is 11.8 Å². The van der Waals surface area contributed by atoms with Crippen molar-refractivity contribution >= 4 is 29.3 Å². The molecule has 4 rings (SSSR count). The number of Topliss-reactive ketones (excluding diaryl/α,β-unsaturated/α-hetero) is 1. The van der Waals surface area contributed by atoms with Gasteiger partial charge in [0.25, 0.3) is 0 Å². The van der Waals surface area contributed by atoms with E-state index in [0.717, 1.165) is 11.8 Å². The van der Waals surface area contributed by atoms with E-state index in [4.69, 9.17) is 0 Å². The second-order valence-electron chi connectivity index (χ2n) is 9.31. The quantitative estimate of drug-likeness (QED) is 0.679. The molecule has 0 aromatic carbocycles. The molecular weight excluding hydrogens is 395 g/mol. The second-order valence-corrected chi connectivity index (χ2v) is 10.8. The fourth-order valence-corrected chi connectivity index (χ4v) is 8.26. The number of allylic oxidation sites excluding steroid dienone is 4. The monoisotopic (exact) mass is 422 g/mol. The molecule has 0 heterocycles. The predicted molar refractivity (Wildman–Crippen MR) is 107 cm³/mol. The van der Waals surface area contributed by atoms with Gasteiger partial charge in [-0.05, 0) is 50.0 Å². The third-order valence-electron chi connectivity index (χ3n) is 8.30. The van der Waals surface area contributed by atoms with Crippen LogP contribution in [0.5, 0.6) is 0 Å². The normalized spacial score (nSPS) is 48.6. The molecule has 7 heteroatoms. The smallest absolute Gasteiger partial charge is 0.328 e. The highest BCUT2D eigenvalue weighted by Crippen LogP contribution is 2.70. The van der Waals surface area contributed by atoms with Crippen molar-refractivity contribution in [3.63, 3.8) is 0 Å². The molecule has 4 aliphatic rings. The molecule has 2 N–H and O–H groups in total. The van der Waals surface area contributed by atoms with E-state index in [9.17, 15) is 24.6 Å². The highest BCUT2D eigenvalue weighted by atomic mass is 32.2. The third kappa shape index (κ3) is 2.23. The van der Waals surface area contributed by atoms with Crippen LogP contribution < -0.4 is 0 Å². The van der Waals surface area contributed by atoms with Gasteiger partial charge in [0.2, 0.25) is 0 Å². The van der Waals surface area contributed by atoms with Crippen molar-refractivity contribution in [1.82, 2.24) is 0 Å². The largest absolute Gasteiger partial charge is 0.480 e. The van der Waals surface area contributed by atoms with Gasteiger partial charge in [0, 0.05) is 23.2 Å². The van der Waals surface area contributed by atoms with Crippen molar-refractivity contribution in [2.75, 3.05) is 5.75 Å². The number of ketones is 2. The molecule has 0 bridgehead atoms. The maximum Gasteiger partial charge on any atom is 0.328 e. The summed E-state index contributed by atoms with van der Waals surface area (Å²) in [6, 6.07) is 0. The topological polar surface area (TPSA) is 91.7 Å². The highest BCUT2D eigenvalue weighted by molar-refractivity contribution is 8.02. The Morgan fingerprint density at radius 1 is 1.31 bits per heavy atom. The SMILES string of the molecule is CCS[C@@]1(C(=O)O)C(=O)C[C@H]2[C@@H]3CCC4=CC(=O)C=C[C@]4(C)C3(F)[C@@H](O)C[C@@]21C. The van der Waals surface area contributed by atoms with Crippen LogP contribution in [0.4, 0.5) is 4.39 Å². The van der Waals surface area contributed by atoms with Crippen LogP contribution in [0.3, 0.4) is 0 Å². The number of alkyl halides is 1. The molecule has 4 aliphatic carbocycles. The molecule has 0 spiro atoms. The first-order valence-corrected chi connectivity index (χ1v) is 11.2. The number of aliphatic carboxylic acids is 1. The van der Waals surface area contributed by atoms with Gasteiger partial charge in [-0.2, -0.15) is 0 Å². The Kier molecular flexibility index (Phi) is 4.49. The summed E-state index contributed by atoms with van der Waals surface area (Å²) in [6.07, 6.45) is 3.74. The van der Waals surface area contributed by atoms with E-state index in [1.54, 1.807) is 26.8 Å². The van der Waals surface area contributed by atoms with E-state index in [1.165, 1.54) is 12.2 Å². The maximum absolute atomic E-state index is 16.9. The fourth-order valence-electron chi connectivity index (χ4n) is 6.89. The summed E-state index contributed by atoms with van der Waals surface area (Å²) in [5, 5.41) is 21.3. The van der Waals surface area contributed by atoms with Crippen LogP contribution in [0.25, 0.3) is 0 Å². The van der Waals surface area contributed by atoms with Crippen LogP contribution in [0.2, 0.25) is 0 Å². The summed E-state index contributed by atoms with van der Waals surface area (Å²) < 4.78 is 15.3. The predicted octanol–water partition coefficient (Wildman–Crippen LogP) is 3.11. The van der Waals surface area contributed by atoms with Gasteiger partial charge in [-0.1, -0.05) is 25.5 Å². The van der Waals surface area contributed by atoms with Gasteiger partial charge in [-0.3, -0.25) is 14.4 Å². The Balaban J connectivity index is 1.86. The van der Waals surface area contributed by atoms with Crippen molar-refractivity contribution < 1.29 is 29.0 Å². The Labute approximate surface area is 173 Å². The van der Waals surface area contributed by atoms with Crippen molar-refractivity contribution in [3.05, 3.63) is 23.8 Å². The first-order valence-electron chi connectivity index (χ1n) is 10.2. The number of aliphatic hydroxyl groups excluding tert-OH is 1. The Morgan fingerprint density at radius 2 is 2.00 bits per heavy atom. The van der Waals surface area contributed by atoms with E-state index >= 15 is 4.39 Å². The molecule has 158 valence electrons. The van der Waals surface area contributed by atoms with E-state index in [2.05, 4.69) is 0 Å². The van der Waals surface area contributed by atoms with Gasteiger partial charge in [0.1, 0.15) is 0 Å². The third-order valence-corrected chi connectivity index (χ3v) is 9.89. The van der Waals surface area contributed by atoms with Crippen LogP contribution in [0.1, 0.15) is 46.5 Å². The number of aliphatic hydroxyl groups is 1. The molecule has 0 radical (unpaired) electrons. The number of fused-ring (bicyclic) bond motifs is 5. The molecule has 0 amide bonds. The van der Waals surface area contributed by atoms with E-state index in [-0.39, 0.29) is 24.4 Å². The molecule has 0 saturated heterocycles. The first kappa shape index (κ1) is 20.8. The Bertz CT molecular complexity index is 867. The minimum atomic E-state index is -2.05. The molecular formula is C22H27FO5S. The van der Waals surface area contributed by atoms with Gasteiger partial charge < -0.3 is 10.2 Å². The number of hydrogen-bond acceptors (Lipinski definition) is 5. The van der Waals surface area contributed by atoms with E-state index in [1.807, 2.05) is 0 Å². The van der Waals surface area contributed by atoms with Crippen molar-refractivity contribution in [1.29, 1.82) is 0 Å². The van der Waals surface area contributed by atoms with Gasteiger partial charge in [-0.25, -0.2) is 4.39 Å². The molecule has 29 heavy (non-hydrogen) atoms. The lowest BCUT2D eigenvalue weighted by Crippen LogP contribution is -2.68. The molecule has 1 unspecified atom stereocenters. The van der Waals surface area contributed by atoms with Crippen LogP contribution in [0, 0.1) is 22.7 Å². The number of carboxylic acid groups (broad SMARTS) is 1. The summed E-state index contributed by atoms with van der Waals surface area (Å²) >= 11 is 1.10. The lowest BCUT2D eigenvalue weighted by Gasteiger charge is -2.62. The van der Waals surface area contributed by atoms with Gasteiger partial charge >= 0.3 is 5.97 Å². The highest BCUT2D eigenvalue weighted by Gasteiger charge is 2.77. The Morgan fingerprint density at radius 3 is 2.62 bits per heavy atom. The molecule has 3 saturated carbocycles. The first-order chi connectivity index (χ1) is 13.5. The molecule has 5 nitrogen and oxygen atoms in total. The fraction of sp³-hybridized carbons (Fsp3) is 0.682. The molecule has 3 fully saturated rings. The molecule has 7 atom stereocenters. The summed E-state index contributed by atoms with van der Waals surface area (Å²) in [5.74, 6) is -2.43. The number of rotatable bonds is 3. The Hall–Kier alpha value is -1.47. The summed E-state index contributed by atoms with van der Waals surface area (Å²) in [5.41, 5.74) is -3.56. The van der Waals surface area contributed by atoms with Crippen LogP contribution in [0.15, 0.2) is 23.8 Å². The average Bonchev–Trinajstić information content (AvgIpc) is 2.86. The lowest BCUT2D eigenvalue weighted by atomic mass is 9.45. The summed E-state index contributed by atoms with van der Waals surface area (Å²) in [4.78, 5) is 37.4. The minimum absolute atomic E-state index is 0.0105. The molecule has 0 aromatic rings. The average molecular weight is 423 g/mol.